The molecule has 2 aromatic heterocycles. The van der Waals surface area contributed by atoms with Gasteiger partial charge in [-0.3, -0.25) is 19.5 Å². The number of fused-ring (bicyclic) bond motifs is 1. The molecular weight excluding hydrogens is 302 g/mol. The maximum atomic E-state index is 12.2. The molecular formula is C15H9N3O3S. The summed E-state index contributed by atoms with van der Waals surface area (Å²) in [6, 6.07) is 13.8. The van der Waals surface area contributed by atoms with Gasteiger partial charge in [-0.05, 0) is 29.5 Å². The quantitative estimate of drug-likeness (QED) is 0.549. The summed E-state index contributed by atoms with van der Waals surface area (Å²) in [7, 11) is 0. The van der Waals surface area contributed by atoms with E-state index in [1.165, 1.54) is 10.6 Å². The predicted molar refractivity (Wildman–Crippen MR) is 83.4 cm³/mol. The van der Waals surface area contributed by atoms with Crippen LogP contribution >= 0.6 is 11.3 Å². The second-order valence-electron chi connectivity index (χ2n) is 4.54. The van der Waals surface area contributed by atoms with Crippen molar-refractivity contribution in [3.63, 3.8) is 0 Å². The zero-order valence-electron chi connectivity index (χ0n) is 11.2. The third-order valence-corrected chi connectivity index (χ3v) is 4.44. The molecule has 0 bridgehead atoms. The number of hydrogen-bond acceptors (Lipinski definition) is 5. The first-order chi connectivity index (χ1) is 10.6. The summed E-state index contributed by atoms with van der Waals surface area (Å²) < 4.78 is 1.44. The number of aromatic nitrogens is 1. The monoisotopic (exact) mass is 311 g/mol. The highest BCUT2D eigenvalue weighted by Crippen LogP contribution is 2.37. The van der Waals surface area contributed by atoms with Gasteiger partial charge < -0.3 is 0 Å². The van der Waals surface area contributed by atoms with Gasteiger partial charge in [0, 0.05) is 11.5 Å². The zero-order chi connectivity index (χ0) is 15.7. The molecule has 0 fully saturated rings. The van der Waals surface area contributed by atoms with E-state index in [4.69, 9.17) is 5.26 Å². The van der Waals surface area contributed by atoms with Crippen LogP contribution in [0.1, 0.15) is 5.56 Å². The van der Waals surface area contributed by atoms with Gasteiger partial charge >= 0.3 is 5.00 Å². The Morgan fingerprint density at radius 3 is 2.59 bits per heavy atom. The molecule has 2 heterocycles. The van der Waals surface area contributed by atoms with E-state index in [0.717, 1.165) is 11.3 Å². The van der Waals surface area contributed by atoms with Gasteiger partial charge in [0.15, 0.2) is 0 Å². The van der Waals surface area contributed by atoms with Crippen LogP contribution in [0.15, 0.2) is 47.3 Å². The van der Waals surface area contributed by atoms with Crippen LogP contribution in [0.3, 0.4) is 0 Å². The average Bonchev–Trinajstić information content (AvgIpc) is 2.87. The molecule has 0 atom stereocenters. The molecule has 3 aromatic rings. The van der Waals surface area contributed by atoms with Gasteiger partial charge in [0.2, 0.25) is 0 Å². The smallest absolute Gasteiger partial charge is 0.269 e. The highest BCUT2D eigenvalue weighted by molar-refractivity contribution is 7.22. The summed E-state index contributed by atoms with van der Waals surface area (Å²) in [6.45, 7) is 0. The topological polar surface area (TPSA) is 88.9 Å². The molecule has 0 aliphatic rings. The van der Waals surface area contributed by atoms with Crippen molar-refractivity contribution in [1.82, 2.24) is 4.57 Å². The summed E-state index contributed by atoms with van der Waals surface area (Å²) in [6.07, 6.45) is -0.0662. The molecule has 0 aliphatic carbocycles. The van der Waals surface area contributed by atoms with Crippen LogP contribution < -0.4 is 5.56 Å². The summed E-state index contributed by atoms with van der Waals surface area (Å²) in [5, 5.41) is 20.6. The number of nitro groups is 1. The Bertz CT molecular complexity index is 967. The maximum Gasteiger partial charge on any atom is 0.330 e. The van der Waals surface area contributed by atoms with E-state index in [1.807, 2.05) is 12.1 Å². The van der Waals surface area contributed by atoms with E-state index in [-0.39, 0.29) is 17.0 Å². The van der Waals surface area contributed by atoms with Crippen molar-refractivity contribution in [2.45, 2.75) is 6.42 Å². The fourth-order valence-corrected chi connectivity index (χ4v) is 3.49. The second kappa shape index (κ2) is 5.42. The SMILES string of the molecule is N#CCc1c([N+](=O)[O-])sc2c1ccc(=O)n2-c1ccccc1. The van der Waals surface area contributed by atoms with E-state index in [9.17, 15) is 14.9 Å². The molecule has 0 unspecified atom stereocenters. The first-order valence-corrected chi connectivity index (χ1v) is 7.19. The second-order valence-corrected chi connectivity index (χ2v) is 5.52. The van der Waals surface area contributed by atoms with Gasteiger partial charge in [-0.15, -0.1) is 0 Å². The molecule has 6 nitrogen and oxygen atoms in total. The molecule has 1 aromatic carbocycles. The van der Waals surface area contributed by atoms with Crippen molar-refractivity contribution >= 4 is 26.6 Å². The van der Waals surface area contributed by atoms with Crippen LogP contribution in [0.5, 0.6) is 0 Å². The summed E-state index contributed by atoms with van der Waals surface area (Å²) in [5.41, 5.74) is 0.730. The number of nitriles is 1. The van der Waals surface area contributed by atoms with Crippen LogP contribution in [-0.4, -0.2) is 9.49 Å². The third-order valence-electron chi connectivity index (χ3n) is 3.26. The lowest BCUT2D eigenvalue weighted by Gasteiger charge is -2.06. The van der Waals surface area contributed by atoms with Gasteiger partial charge in [0.1, 0.15) is 4.83 Å². The summed E-state index contributed by atoms with van der Waals surface area (Å²) in [4.78, 5) is 23.4. The normalized spacial score (nSPS) is 10.5. The molecule has 0 saturated heterocycles. The van der Waals surface area contributed by atoms with Gasteiger partial charge in [-0.2, -0.15) is 5.26 Å². The Morgan fingerprint density at radius 1 is 1.23 bits per heavy atom. The lowest BCUT2D eigenvalue weighted by Crippen LogP contribution is -2.16. The van der Waals surface area contributed by atoms with E-state index in [0.29, 0.717) is 21.5 Å². The Hall–Kier alpha value is -2.98. The Balaban J connectivity index is 2.42. The molecule has 0 spiro atoms. The maximum absolute atomic E-state index is 12.2. The largest absolute Gasteiger partial charge is 0.330 e. The Morgan fingerprint density at radius 2 is 1.95 bits per heavy atom. The van der Waals surface area contributed by atoms with E-state index < -0.39 is 4.92 Å². The van der Waals surface area contributed by atoms with E-state index in [1.54, 1.807) is 30.3 Å². The fourth-order valence-electron chi connectivity index (χ4n) is 2.34. The average molecular weight is 311 g/mol. The van der Waals surface area contributed by atoms with E-state index >= 15 is 0 Å². The molecule has 3 rings (SSSR count). The first-order valence-electron chi connectivity index (χ1n) is 6.37. The minimum absolute atomic E-state index is 0.0662. The van der Waals surface area contributed by atoms with Crippen LogP contribution in [0, 0.1) is 21.4 Å². The third kappa shape index (κ3) is 2.16. The molecule has 108 valence electrons. The zero-order valence-corrected chi connectivity index (χ0v) is 12.0. The number of pyridine rings is 1. The minimum atomic E-state index is -0.503. The predicted octanol–water partition coefficient (Wildman–Crippen LogP) is 3.03. The highest BCUT2D eigenvalue weighted by Gasteiger charge is 2.23. The molecule has 22 heavy (non-hydrogen) atoms. The van der Waals surface area contributed by atoms with Crippen LogP contribution in [0.2, 0.25) is 0 Å². The number of para-hydroxylation sites is 1. The van der Waals surface area contributed by atoms with Crippen molar-refractivity contribution in [2.24, 2.45) is 0 Å². The van der Waals surface area contributed by atoms with Crippen molar-refractivity contribution < 1.29 is 4.92 Å². The molecule has 7 heteroatoms. The van der Waals surface area contributed by atoms with Crippen LogP contribution in [0.4, 0.5) is 5.00 Å². The number of rotatable bonds is 3. The lowest BCUT2D eigenvalue weighted by atomic mass is 10.1. The highest BCUT2D eigenvalue weighted by atomic mass is 32.1. The summed E-state index contributed by atoms with van der Waals surface area (Å²) in [5.74, 6) is 0. The van der Waals surface area contributed by atoms with Gasteiger partial charge in [0.05, 0.1) is 28.7 Å². The van der Waals surface area contributed by atoms with Crippen molar-refractivity contribution in [3.8, 4) is 11.8 Å². The van der Waals surface area contributed by atoms with Crippen molar-refractivity contribution in [3.05, 3.63) is 68.5 Å². The fraction of sp³-hybridized carbons (Fsp3) is 0.0667. The minimum Gasteiger partial charge on any atom is -0.269 e. The van der Waals surface area contributed by atoms with Gasteiger partial charge in [-0.1, -0.05) is 18.2 Å². The number of nitrogens with zero attached hydrogens (tertiary/aromatic N) is 3. The molecule has 0 amide bonds. The number of hydrogen-bond donors (Lipinski definition) is 0. The van der Waals surface area contributed by atoms with Gasteiger partial charge in [-0.25, -0.2) is 0 Å². The molecule has 0 N–H and O–H groups in total. The first kappa shape index (κ1) is 14.0. The standard InChI is InChI=1S/C15H9N3O3S/c16-9-8-12-11-6-7-13(19)17(10-4-2-1-3-5-10)14(11)22-15(12)18(20)21/h1-7H,8H2. The summed E-state index contributed by atoms with van der Waals surface area (Å²) >= 11 is 0.920. The Labute approximate surface area is 128 Å². The van der Waals surface area contributed by atoms with Crippen LogP contribution in [-0.2, 0) is 6.42 Å². The van der Waals surface area contributed by atoms with Crippen LogP contribution in [0.25, 0.3) is 15.9 Å². The number of thiophene rings is 1. The van der Waals surface area contributed by atoms with Crippen molar-refractivity contribution in [2.75, 3.05) is 0 Å². The number of benzene rings is 1. The van der Waals surface area contributed by atoms with Gasteiger partial charge in [0.25, 0.3) is 5.56 Å². The van der Waals surface area contributed by atoms with Crippen molar-refractivity contribution in [1.29, 1.82) is 5.26 Å². The molecule has 0 saturated carbocycles. The Kier molecular flexibility index (Phi) is 3.45. The lowest BCUT2D eigenvalue weighted by molar-refractivity contribution is -0.380. The van der Waals surface area contributed by atoms with E-state index in [2.05, 4.69) is 0 Å². The molecule has 0 radical (unpaired) electrons. The molecule has 0 aliphatic heterocycles.